The van der Waals surface area contributed by atoms with Gasteiger partial charge in [0.25, 0.3) is 0 Å². The molecule has 0 saturated carbocycles. The van der Waals surface area contributed by atoms with Crippen molar-refractivity contribution in [2.45, 2.75) is 6.92 Å². The first-order valence-electron chi connectivity index (χ1n) is 7.54. The molecule has 0 unspecified atom stereocenters. The molecule has 1 saturated heterocycles. The summed E-state index contributed by atoms with van der Waals surface area (Å²) in [6, 6.07) is 5.45. The lowest BCUT2D eigenvalue weighted by Crippen LogP contribution is -2.42. The molecule has 0 bridgehead atoms. The standard InChI is InChI=1S/C17H18Cl2N4/c1-12(23-6-4-20-5-7-23)8-13-10-21-11-22-17(13)15-3-2-14(18)9-16(15)19/h2-3,8-11,20H,4-7H2,1H3/b12-8-. The molecule has 0 radical (unpaired) electrons. The molecule has 1 aromatic carbocycles. The van der Waals surface area contributed by atoms with E-state index in [4.69, 9.17) is 23.2 Å². The quantitative estimate of drug-likeness (QED) is 0.917. The lowest BCUT2D eigenvalue weighted by atomic mass is 10.1. The van der Waals surface area contributed by atoms with Gasteiger partial charge in [0.05, 0.1) is 10.7 Å². The van der Waals surface area contributed by atoms with Gasteiger partial charge in [0.2, 0.25) is 0 Å². The number of nitrogens with one attached hydrogen (secondary N) is 1. The van der Waals surface area contributed by atoms with Crippen molar-refractivity contribution < 1.29 is 0 Å². The van der Waals surface area contributed by atoms with Gasteiger partial charge in [-0.2, -0.15) is 0 Å². The van der Waals surface area contributed by atoms with Crippen molar-refractivity contribution in [3.63, 3.8) is 0 Å². The molecule has 2 aromatic rings. The van der Waals surface area contributed by atoms with Crippen LogP contribution >= 0.6 is 23.2 Å². The fourth-order valence-corrected chi connectivity index (χ4v) is 3.18. The minimum Gasteiger partial charge on any atom is -0.372 e. The van der Waals surface area contributed by atoms with Crippen molar-refractivity contribution in [3.8, 4) is 11.3 Å². The summed E-state index contributed by atoms with van der Waals surface area (Å²) in [6.07, 6.45) is 5.47. The topological polar surface area (TPSA) is 41.1 Å². The van der Waals surface area contributed by atoms with E-state index in [9.17, 15) is 0 Å². The number of benzene rings is 1. The number of halogens is 2. The number of piperazine rings is 1. The van der Waals surface area contributed by atoms with Gasteiger partial charge < -0.3 is 10.2 Å². The Morgan fingerprint density at radius 3 is 2.78 bits per heavy atom. The Balaban J connectivity index is 1.97. The van der Waals surface area contributed by atoms with Gasteiger partial charge >= 0.3 is 0 Å². The molecule has 0 spiro atoms. The van der Waals surface area contributed by atoms with Gasteiger partial charge in [-0.15, -0.1) is 0 Å². The summed E-state index contributed by atoms with van der Waals surface area (Å²) in [7, 11) is 0. The summed E-state index contributed by atoms with van der Waals surface area (Å²) < 4.78 is 0. The molecule has 1 aliphatic heterocycles. The molecule has 120 valence electrons. The van der Waals surface area contributed by atoms with Gasteiger partial charge in [-0.1, -0.05) is 23.2 Å². The summed E-state index contributed by atoms with van der Waals surface area (Å²) >= 11 is 12.3. The second-order valence-corrected chi connectivity index (χ2v) is 6.32. The van der Waals surface area contributed by atoms with Crippen LogP contribution in [0.15, 0.2) is 36.4 Å². The number of hydrogen-bond acceptors (Lipinski definition) is 4. The van der Waals surface area contributed by atoms with E-state index in [1.807, 2.05) is 18.3 Å². The van der Waals surface area contributed by atoms with Crippen LogP contribution < -0.4 is 5.32 Å². The first kappa shape index (κ1) is 16.2. The molecule has 3 rings (SSSR count). The minimum absolute atomic E-state index is 0.589. The third-order valence-corrected chi connectivity index (χ3v) is 4.45. The van der Waals surface area contributed by atoms with Crippen LogP contribution in [0, 0.1) is 0 Å². The zero-order chi connectivity index (χ0) is 16.2. The highest BCUT2D eigenvalue weighted by atomic mass is 35.5. The van der Waals surface area contributed by atoms with E-state index in [0.29, 0.717) is 10.0 Å². The number of rotatable bonds is 3. The van der Waals surface area contributed by atoms with Crippen LogP contribution in [-0.2, 0) is 0 Å². The average molecular weight is 349 g/mol. The molecule has 6 heteroatoms. The molecule has 1 N–H and O–H groups in total. The second-order valence-electron chi connectivity index (χ2n) is 5.47. The molecule has 4 nitrogen and oxygen atoms in total. The van der Waals surface area contributed by atoms with E-state index in [2.05, 4.69) is 33.2 Å². The average Bonchev–Trinajstić information content (AvgIpc) is 2.56. The predicted octanol–water partition coefficient (Wildman–Crippen LogP) is 3.72. The molecular formula is C17H18Cl2N4. The lowest BCUT2D eigenvalue weighted by Gasteiger charge is -2.30. The summed E-state index contributed by atoms with van der Waals surface area (Å²) in [5.74, 6) is 0. The number of hydrogen-bond donors (Lipinski definition) is 1. The molecular weight excluding hydrogens is 331 g/mol. The second kappa shape index (κ2) is 7.30. The number of nitrogens with zero attached hydrogens (tertiary/aromatic N) is 3. The smallest absolute Gasteiger partial charge is 0.116 e. The Hall–Kier alpha value is -1.62. The third-order valence-electron chi connectivity index (χ3n) is 3.91. The first-order chi connectivity index (χ1) is 11.1. The van der Waals surface area contributed by atoms with E-state index < -0.39 is 0 Å². The molecule has 0 amide bonds. The predicted molar refractivity (Wildman–Crippen MR) is 95.6 cm³/mol. The largest absolute Gasteiger partial charge is 0.372 e. The molecule has 1 fully saturated rings. The maximum Gasteiger partial charge on any atom is 0.116 e. The summed E-state index contributed by atoms with van der Waals surface area (Å²) in [4.78, 5) is 10.9. The van der Waals surface area contributed by atoms with E-state index in [1.165, 1.54) is 12.0 Å². The van der Waals surface area contributed by atoms with Gasteiger partial charge in [-0.05, 0) is 31.2 Å². The normalized spacial score (nSPS) is 15.8. The Kier molecular flexibility index (Phi) is 5.16. The molecule has 0 atom stereocenters. The summed E-state index contributed by atoms with van der Waals surface area (Å²) in [6.45, 7) is 6.14. The molecule has 2 heterocycles. The monoisotopic (exact) mass is 348 g/mol. The Labute approximate surface area is 146 Å². The highest BCUT2D eigenvalue weighted by molar-refractivity contribution is 6.36. The van der Waals surface area contributed by atoms with Gasteiger partial charge in [-0.25, -0.2) is 9.97 Å². The van der Waals surface area contributed by atoms with Crippen LogP contribution in [0.2, 0.25) is 10.0 Å². The zero-order valence-corrected chi connectivity index (χ0v) is 14.4. The van der Waals surface area contributed by atoms with Crippen molar-refractivity contribution in [2.75, 3.05) is 26.2 Å². The van der Waals surface area contributed by atoms with Gasteiger partial charge in [-0.3, -0.25) is 0 Å². The first-order valence-corrected chi connectivity index (χ1v) is 8.30. The van der Waals surface area contributed by atoms with Crippen molar-refractivity contribution in [3.05, 3.63) is 52.0 Å². The molecule has 1 aromatic heterocycles. The summed E-state index contributed by atoms with van der Waals surface area (Å²) in [5.41, 5.74) is 3.83. The summed E-state index contributed by atoms with van der Waals surface area (Å²) in [5, 5.41) is 4.56. The Morgan fingerprint density at radius 1 is 1.26 bits per heavy atom. The van der Waals surface area contributed by atoms with Crippen LogP contribution in [0.3, 0.4) is 0 Å². The van der Waals surface area contributed by atoms with E-state index in [1.54, 1.807) is 6.07 Å². The zero-order valence-electron chi connectivity index (χ0n) is 12.9. The molecule has 23 heavy (non-hydrogen) atoms. The maximum absolute atomic E-state index is 6.34. The highest BCUT2D eigenvalue weighted by Gasteiger charge is 2.13. The van der Waals surface area contributed by atoms with Gasteiger partial charge in [0.1, 0.15) is 6.33 Å². The maximum atomic E-state index is 6.34. The Bertz CT molecular complexity index is 724. The lowest BCUT2D eigenvalue weighted by molar-refractivity contribution is 0.302. The van der Waals surface area contributed by atoms with Gasteiger partial charge in [0.15, 0.2) is 0 Å². The third kappa shape index (κ3) is 3.83. The fraction of sp³-hybridized carbons (Fsp3) is 0.294. The van der Waals surface area contributed by atoms with Gasteiger partial charge in [0, 0.05) is 54.2 Å². The van der Waals surface area contributed by atoms with Crippen LogP contribution in [0.1, 0.15) is 12.5 Å². The SMILES string of the molecule is C/C(=C/c1cncnc1-c1ccc(Cl)cc1Cl)N1CCNCC1. The molecule has 0 aliphatic carbocycles. The number of aromatic nitrogens is 2. The Morgan fingerprint density at radius 2 is 2.04 bits per heavy atom. The fourth-order valence-electron chi connectivity index (χ4n) is 2.69. The van der Waals surface area contributed by atoms with Crippen LogP contribution in [0.4, 0.5) is 0 Å². The van der Waals surface area contributed by atoms with Crippen LogP contribution in [0.25, 0.3) is 17.3 Å². The van der Waals surface area contributed by atoms with Crippen LogP contribution in [-0.4, -0.2) is 41.0 Å². The number of allylic oxidation sites excluding steroid dienone is 1. The van der Waals surface area contributed by atoms with Crippen molar-refractivity contribution in [1.29, 1.82) is 0 Å². The minimum atomic E-state index is 0.589. The van der Waals surface area contributed by atoms with E-state index in [-0.39, 0.29) is 0 Å². The van der Waals surface area contributed by atoms with E-state index in [0.717, 1.165) is 43.0 Å². The van der Waals surface area contributed by atoms with Crippen molar-refractivity contribution in [2.24, 2.45) is 0 Å². The molecule has 1 aliphatic rings. The van der Waals surface area contributed by atoms with Crippen molar-refractivity contribution in [1.82, 2.24) is 20.2 Å². The van der Waals surface area contributed by atoms with E-state index >= 15 is 0 Å². The van der Waals surface area contributed by atoms with Crippen LogP contribution in [0.5, 0.6) is 0 Å². The van der Waals surface area contributed by atoms with Crippen molar-refractivity contribution >= 4 is 29.3 Å². The highest BCUT2D eigenvalue weighted by Crippen LogP contribution is 2.31.